The minimum absolute atomic E-state index is 0.194. The molecule has 3 aliphatic rings. The van der Waals surface area contributed by atoms with E-state index in [4.69, 9.17) is 0 Å². The Morgan fingerprint density at radius 1 is 1.22 bits per heavy atom. The zero-order valence-corrected chi connectivity index (χ0v) is 17.5. The zero-order chi connectivity index (χ0) is 19.2. The Morgan fingerprint density at radius 2 is 1.93 bits per heavy atom. The molecule has 2 unspecified atom stereocenters. The average molecular weight is 374 g/mol. The smallest absolute Gasteiger partial charge is 0.165 e. The van der Waals surface area contributed by atoms with Crippen LogP contribution >= 0.6 is 0 Å². The van der Waals surface area contributed by atoms with Crippen LogP contribution in [0, 0.1) is 34.9 Å². The Hall–Kier alpha value is -1.16. The average Bonchev–Trinajstić information content (AvgIpc) is 3.33. The van der Waals surface area contributed by atoms with E-state index in [0.717, 1.165) is 36.9 Å². The van der Waals surface area contributed by atoms with E-state index in [1.165, 1.54) is 44.8 Å². The second kappa shape index (κ2) is 7.35. The fraction of sp³-hybridized carbons (Fsp3) is 0.783. The molecule has 1 aromatic heterocycles. The predicted octanol–water partition coefficient (Wildman–Crippen LogP) is 4.83. The van der Waals surface area contributed by atoms with Crippen LogP contribution in [0.15, 0.2) is 18.3 Å². The summed E-state index contributed by atoms with van der Waals surface area (Å²) >= 11 is 0. The first-order chi connectivity index (χ1) is 12.8. The lowest BCUT2D eigenvalue weighted by Gasteiger charge is -2.48. The number of aromatic nitrogens is 1. The quantitative estimate of drug-likeness (QED) is 0.712. The van der Waals surface area contributed by atoms with Crippen molar-refractivity contribution >= 4 is 5.82 Å². The van der Waals surface area contributed by atoms with Gasteiger partial charge in [-0.2, -0.15) is 0 Å². The van der Waals surface area contributed by atoms with E-state index < -0.39 is 0 Å². The molecule has 27 heavy (non-hydrogen) atoms. The molecular weight excluding hydrogens is 337 g/mol. The van der Waals surface area contributed by atoms with Gasteiger partial charge < -0.3 is 9.80 Å². The Balaban J connectivity index is 1.24. The van der Waals surface area contributed by atoms with Gasteiger partial charge in [0.2, 0.25) is 0 Å². The minimum atomic E-state index is -0.194. The molecule has 150 valence electrons. The molecular formula is C23H36FN3. The Kier molecular flexibility index (Phi) is 5.22. The highest BCUT2D eigenvalue weighted by Gasteiger charge is 2.48. The molecule has 3 nitrogen and oxygen atoms in total. The third kappa shape index (κ3) is 4.01. The van der Waals surface area contributed by atoms with Gasteiger partial charge in [-0.3, -0.25) is 0 Å². The summed E-state index contributed by atoms with van der Waals surface area (Å²) < 4.78 is 13.9. The van der Waals surface area contributed by atoms with E-state index in [0.29, 0.717) is 17.2 Å². The molecule has 2 saturated heterocycles. The maximum Gasteiger partial charge on any atom is 0.165 e. The monoisotopic (exact) mass is 373 g/mol. The molecule has 0 aromatic carbocycles. The van der Waals surface area contributed by atoms with Crippen LogP contribution in [0.2, 0.25) is 0 Å². The Bertz CT molecular complexity index is 645. The summed E-state index contributed by atoms with van der Waals surface area (Å²) in [7, 11) is 0. The maximum absolute atomic E-state index is 13.9. The summed E-state index contributed by atoms with van der Waals surface area (Å²) in [6.45, 7) is 14.1. The van der Waals surface area contributed by atoms with E-state index in [1.54, 1.807) is 12.3 Å². The van der Waals surface area contributed by atoms with Gasteiger partial charge in [0.15, 0.2) is 11.6 Å². The van der Waals surface area contributed by atoms with Gasteiger partial charge in [0.05, 0.1) is 0 Å². The van der Waals surface area contributed by atoms with E-state index in [1.807, 2.05) is 0 Å². The second-order valence-corrected chi connectivity index (χ2v) is 10.3. The number of piperidine rings is 1. The topological polar surface area (TPSA) is 19.4 Å². The first-order valence-electron chi connectivity index (χ1n) is 10.9. The van der Waals surface area contributed by atoms with Crippen LogP contribution in [0.1, 0.15) is 53.4 Å². The van der Waals surface area contributed by atoms with Crippen LogP contribution in [0.25, 0.3) is 0 Å². The molecule has 1 saturated carbocycles. The van der Waals surface area contributed by atoms with Crippen LogP contribution in [0.5, 0.6) is 0 Å². The molecule has 0 spiro atoms. The third-order valence-corrected chi connectivity index (χ3v) is 7.68. The molecule has 0 N–H and O–H groups in total. The first kappa shape index (κ1) is 19.2. The number of rotatable bonds is 6. The van der Waals surface area contributed by atoms with Gasteiger partial charge in [0, 0.05) is 25.3 Å². The van der Waals surface area contributed by atoms with Crippen molar-refractivity contribution < 1.29 is 4.39 Å². The highest BCUT2D eigenvalue weighted by atomic mass is 19.1. The number of halogens is 1. The van der Waals surface area contributed by atoms with Crippen molar-refractivity contribution in [3.8, 4) is 0 Å². The van der Waals surface area contributed by atoms with Gasteiger partial charge >= 0.3 is 0 Å². The van der Waals surface area contributed by atoms with Crippen molar-refractivity contribution in [2.75, 3.05) is 31.1 Å². The molecule has 2 aliphatic heterocycles. The highest BCUT2D eigenvalue weighted by Crippen LogP contribution is 2.49. The summed E-state index contributed by atoms with van der Waals surface area (Å²) in [5.41, 5.74) is 0.331. The minimum Gasteiger partial charge on any atom is -0.353 e. The van der Waals surface area contributed by atoms with Gasteiger partial charge in [0.1, 0.15) is 0 Å². The van der Waals surface area contributed by atoms with Gasteiger partial charge in [0.25, 0.3) is 0 Å². The van der Waals surface area contributed by atoms with Crippen LogP contribution in [0.3, 0.4) is 0 Å². The maximum atomic E-state index is 13.9. The number of likely N-dealkylation sites (tertiary alicyclic amines) is 1. The molecule has 1 aromatic rings. The van der Waals surface area contributed by atoms with Crippen molar-refractivity contribution in [3.05, 3.63) is 24.1 Å². The number of nitrogens with zero attached hydrogens (tertiary/aromatic N) is 3. The Morgan fingerprint density at radius 3 is 2.56 bits per heavy atom. The summed E-state index contributed by atoms with van der Waals surface area (Å²) in [4.78, 5) is 9.10. The SMILES string of the molecule is CC(C)C1CCN(C2CC2CC(C)(C)C2CN(c3ncccc3F)C2)CC1. The molecule has 2 atom stereocenters. The standard InChI is InChI=1S/C23H36FN3/c1-16(2)17-7-10-26(11-8-17)21-12-18(21)13-23(3,4)19-14-27(15-19)22-20(24)6-5-9-25-22/h5-6,9,16-19,21H,7-8,10-15H2,1-4H3. The largest absolute Gasteiger partial charge is 0.353 e. The van der Waals surface area contributed by atoms with Crippen LogP contribution in [0.4, 0.5) is 10.2 Å². The lowest BCUT2D eigenvalue weighted by molar-refractivity contribution is 0.121. The molecule has 4 rings (SSSR count). The van der Waals surface area contributed by atoms with Crippen LogP contribution in [-0.2, 0) is 0 Å². The molecule has 0 amide bonds. The van der Waals surface area contributed by atoms with Crippen molar-refractivity contribution in [3.63, 3.8) is 0 Å². The summed E-state index contributed by atoms with van der Waals surface area (Å²) in [5, 5.41) is 0. The van der Waals surface area contributed by atoms with Gasteiger partial charge in [-0.15, -0.1) is 0 Å². The van der Waals surface area contributed by atoms with E-state index >= 15 is 0 Å². The highest BCUT2D eigenvalue weighted by molar-refractivity contribution is 5.43. The first-order valence-corrected chi connectivity index (χ1v) is 10.9. The molecule has 0 radical (unpaired) electrons. The molecule has 4 heteroatoms. The number of hydrogen-bond donors (Lipinski definition) is 0. The number of anilines is 1. The van der Waals surface area contributed by atoms with Crippen LogP contribution in [-0.4, -0.2) is 42.1 Å². The normalized spacial score (nSPS) is 27.9. The summed E-state index contributed by atoms with van der Waals surface area (Å²) in [6, 6.07) is 4.01. The van der Waals surface area contributed by atoms with E-state index in [2.05, 4.69) is 42.5 Å². The summed E-state index contributed by atoms with van der Waals surface area (Å²) in [5.74, 6) is 3.63. The molecule has 3 heterocycles. The fourth-order valence-electron chi connectivity index (χ4n) is 5.41. The molecule has 0 bridgehead atoms. The van der Waals surface area contributed by atoms with Crippen molar-refractivity contribution in [2.24, 2.45) is 29.1 Å². The summed E-state index contributed by atoms with van der Waals surface area (Å²) in [6.07, 6.45) is 7.16. The van der Waals surface area contributed by atoms with Crippen molar-refractivity contribution in [1.29, 1.82) is 0 Å². The lowest BCUT2D eigenvalue weighted by Crippen LogP contribution is -2.54. The predicted molar refractivity (Wildman–Crippen MR) is 109 cm³/mol. The van der Waals surface area contributed by atoms with E-state index in [-0.39, 0.29) is 5.82 Å². The fourth-order valence-corrected chi connectivity index (χ4v) is 5.41. The van der Waals surface area contributed by atoms with Gasteiger partial charge in [-0.25, -0.2) is 9.37 Å². The Labute approximate surface area is 164 Å². The number of hydrogen-bond acceptors (Lipinski definition) is 3. The van der Waals surface area contributed by atoms with Gasteiger partial charge in [-0.05, 0) is 80.0 Å². The second-order valence-electron chi connectivity index (χ2n) is 10.3. The van der Waals surface area contributed by atoms with Gasteiger partial charge in [-0.1, -0.05) is 27.7 Å². The lowest BCUT2D eigenvalue weighted by atomic mass is 9.71. The van der Waals surface area contributed by atoms with Crippen molar-refractivity contribution in [2.45, 2.75) is 59.4 Å². The molecule has 3 fully saturated rings. The van der Waals surface area contributed by atoms with Crippen molar-refractivity contribution in [1.82, 2.24) is 9.88 Å². The van der Waals surface area contributed by atoms with Crippen LogP contribution < -0.4 is 4.90 Å². The zero-order valence-electron chi connectivity index (χ0n) is 17.5. The third-order valence-electron chi connectivity index (χ3n) is 7.68. The number of pyridine rings is 1. The van der Waals surface area contributed by atoms with E-state index in [9.17, 15) is 4.39 Å². The molecule has 1 aliphatic carbocycles.